The van der Waals surface area contributed by atoms with Crippen LogP contribution in [0.5, 0.6) is 0 Å². The van der Waals surface area contributed by atoms with Gasteiger partial charge in [0.25, 0.3) is 5.69 Å². The number of benzene rings is 1. The highest BCUT2D eigenvalue weighted by Gasteiger charge is 2.26. The van der Waals surface area contributed by atoms with Crippen molar-refractivity contribution >= 4 is 21.4 Å². The maximum atomic E-state index is 12.2. The Morgan fingerprint density at radius 1 is 1.48 bits per heavy atom. The second-order valence-corrected chi connectivity index (χ2v) is 6.23. The summed E-state index contributed by atoms with van der Waals surface area (Å²) in [6.45, 7) is 2.28. The highest BCUT2D eigenvalue weighted by atomic mass is 32.2. The lowest BCUT2D eigenvalue weighted by molar-refractivity contribution is -0.387. The average Bonchev–Trinajstić information content (AvgIpc) is 2.45. The molecule has 0 radical (unpaired) electrons. The van der Waals surface area contributed by atoms with Crippen molar-refractivity contribution in [1.82, 2.24) is 4.72 Å². The van der Waals surface area contributed by atoms with Crippen LogP contribution < -0.4 is 16.0 Å². The van der Waals surface area contributed by atoms with Gasteiger partial charge in [-0.2, -0.15) is 0 Å². The molecular formula is C11H18N4O5S. The molecule has 21 heavy (non-hydrogen) atoms. The van der Waals surface area contributed by atoms with E-state index in [4.69, 9.17) is 10.6 Å². The first kappa shape index (κ1) is 17.3. The second-order valence-electron chi connectivity index (χ2n) is 4.50. The summed E-state index contributed by atoms with van der Waals surface area (Å²) in [5.41, 5.74) is 1.93. The fraction of sp³-hybridized carbons (Fsp3) is 0.455. The minimum absolute atomic E-state index is 0.0613. The molecule has 1 unspecified atom stereocenters. The summed E-state index contributed by atoms with van der Waals surface area (Å²) in [7, 11) is -2.48. The first-order chi connectivity index (χ1) is 9.81. The van der Waals surface area contributed by atoms with Crippen molar-refractivity contribution in [3.8, 4) is 0 Å². The predicted molar refractivity (Wildman–Crippen MR) is 77.1 cm³/mol. The van der Waals surface area contributed by atoms with Crippen LogP contribution in [0.1, 0.15) is 6.92 Å². The summed E-state index contributed by atoms with van der Waals surface area (Å²) < 4.78 is 31.5. The molecule has 0 heterocycles. The third-order valence-electron chi connectivity index (χ3n) is 2.68. The minimum atomic E-state index is -3.99. The van der Waals surface area contributed by atoms with Crippen molar-refractivity contribution in [3.05, 3.63) is 28.3 Å². The van der Waals surface area contributed by atoms with E-state index in [1.807, 2.05) is 0 Å². The number of methoxy groups -OCH3 is 1. The Kier molecular flexibility index (Phi) is 6.03. The van der Waals surface area contributed by atoms with Gasteiger partial charge >= 0.3 is 0 Å². The topological polar surface area (TPSA) is 137 Å². The molecule has 4 N–H and O–H groups in total. The van der Waals surface area contributed by atoms with E-state index in [9.17, 15) is 18.5 Å². The van der Waals surface area contributed by atoms with Gasteiger partial charge in [0.15, 0.2) is 4.90 Å². The van der Waals surface area contributed by atoms with Gasteiger partial charge in [-0.1, -0.05) is 6.92 Å². The van der Waals surface area contributed by atoms with Crippen LogP contribution in [-0.4, -0.2) is 33.6 Å². The lowest BCUT2D eigenvalue weighted by atomic mass is 10.2. The number of sulfonamides is 1. The molecule has 0 amide bonds. The molecule has 0 fully saturated rings. The Labute approximate surface area is 122 Å². The second kappa shape index (κ2) is 7.31. The fourth-order valence-electron chi connectivity index (χ4n) is 1.65. The standard InChI is InChI=1S/C11H18N4O5S/c1-8(7-20-2)6-13-21(18,19)11-4-3-9(14-12)5-10(11)15(16)17/h3-5,8,13-14H,6-7,12H2,1-2H3. The molecule has 0 spiro atoms. The van der Waals surface area contributed by atoms with Crippen LogP contribution >= 0.6 is 0 Å². The van der Waals surface area contributed by atoms with Crippen molar-refractivity contribution in [2.45, 2.75) is 11.8 Å². The summed E-state index contributed by atoms with van der Waals surface area (Å²) in [4.78, 5) is 9.83. The zero-order chi connectivity index (χ0) is 16.0. The lowest BCUT2D eigenvalue weighted by Crippen LogP contribution is -2.30. The van der Waals surface area contributed by atoms with Crippen LogP contribution in [0, 0.1) is 16.0 Å². The van der Waals surface area contributed by atoms with E-state index in [-0.39, 0.29) is 18.2 Å². The molecule has 1 rings (SSSR count). The Morgan fingerprint density at radius 2 is 2.14 bits per heavy atom. The van der Waals surface area contributed by atoms with Crippen LogP contribution in [-0.2, 0) is 14.8 Å². The molecular weight excluding hydrogens is 300 g/mol. The van der Waals surface area contributed by atoms with Gasteiger partial charge in [-0.15, -0.1) is 0 Å². The van der Waals surface area contributed by atoms with Crippen molar-refractivity contribution < 1.29 is 18.1 Å². The van der Waals surface area contributed by atoms with E-state index in [1.165, 1.54) is 13.2 Å². The summed E-state index contributed by atoms with van der Waals surface area (Å²) in [5, 5.41) is 11.0. The molecule has 0 bridgehead atoms. The van der Waals surface area contributed by atoms with Crippen molar-refractivity contribution in [2.75, 3.05) is 25.7 Å². The van der Waals surface area contributed by atoms with E-state index >= 15 is 0 Å². The van der Waals surface area contributed by atoms with Crippen LogP contribution in [0.3, 0.4) is 0 Å². The number of ether oxygens (including phenoxy) is 1. The number of nitrogens with zero attached hydrogens (tertiary/aromatic N) is 1. The molecule has 0 saturated heterocycles. The zero-order valence-corrected chi connectivity index (χ0v) is 12.5. The number of nitrogen functional groups attached to an aromatic ring is 1. The van der Waals surface area contributed by atoms with Gasteiger partial charge < -0.3 is 10.2 Å². The monoisotopic (exact) mass is 318 g/mol. The van der Waals surface area contributed by atoms with Crippen LogP contribution in [0.4, 0.5) is 11.4 Å². The summed E-state index contributed by atoms with van der Waals surface area (Å²) in [5.74, 6) is 5.10. The van der Waals surface area contributed by atoms with Crippen LogP contribution in [0.25, 0.3) is 0 Å². The Morgan fingerprint density at radius 3 is 2.67 bits per heavy atom. The third-order valence-corrected chi connectivity index (χ3v) is 4.16. The van der Waals surface area contributed by atoms with E-state index < -0.39 is 25.5 Å². The minimum Gasteiger partial charge on any atom is -0.384 e. The molecule has 0 saturated carbocycles. The van der Waals surface area contributed by atoms with Crippen molar-refractivity contribution in [1.29, 1.82) is 0 Å². The number of nitrogens with one attached hydrogen (secondary N) is 2. The van der Waals surface area contributed by atoms with Gasteiger partial charge in [0.2, 0.25) is 10.0 Å². The molecule has 10 heteroatoms. The highest BCUT2D eigenvalue weighted by molar-refractivity contribution is 7.89. The number of hydrogen-bond acceptors (Lipinski definition) is 7. The molecule has 0 aromatic heterocycles. The SMILES string of the molecule is COCC(C)CNS(=O)(=O)c1ccc(NN)cc1[N+](=O)[O-]. The predicted octanol–water partition coefficient (Wildman–Crippen LogP) is 0.441. The van der Waals surface area contributed by atoms with Gasteiger partial charge in [0, 0.05) is 26.3 Å². The molecule has 0 aliphatic carbocycles. The number of rotatable bonds is 8. The van der Waals surface area contributed by atoms with E-state index in [1.54, 1.807) is 6.92 Å². The van der Waals surface area contributed by atoms with Crippen molar-refractivity contribution in [3.63, 3.8) is 0 Å². The Balaban J connectivity index is 3.05. The van der Waals surface area contributed by atoms with Gasteiger partial charge in [0.05, 0.1) is 10.6 Å². The van der Waals surface area contributed by atoms with Crippen LogP contribution in [0.2, 0.25) is 0 Å². The number of hydrogen-bond donors (Lipinski definition) is 3. The zero-order valence-electron chi connectivity index (χ0n) is 11.7. The average molecular weight is 318 g/mol. The molecule has 9 nitrogen and oxygen atoms in total. The van der Waals surface area contributed by atoms with Gasteiger partial charge in [-0.05, 0) is 18.1 Å². The number of hydrazine groups is 1. The normalized spacial score (nSPS) is 12.9. The van der Waals surface area contributed by atoms with Crippen LogP contribution in [0.15, 0.2) is 23.1 Å². The quantitative estimate of drug-likeness (QED) is 0.359. The highest BCUT2D eigenvalue weighted by Crippen LogP contribution is 2.26. The summed E-state index contributed by atoms with van der Waals surface area (Å²) >= 11 is 0. The number of nitro benzene ring substituents is 1. The molecule has 0 aliphatic heterocycles. The van der Waals surface area contributed by atoms with E-state index in [0.29, 0.717) is 6.61 Å². The largest absolute Gasteiger partial charge is 0.384 e. The fourth-order valence-corrected chi connectivity index (χ4v) is 2.97. The maximum Gasteiger partial charge on any atom is 0.291 e. The molecule has 0 aliphatic rings. The lowest BCUT2D eigenvalue weighted by Gasteiger charge is -2.12. The maximum absolute atomic E-state index is 12.2. The van der Waals surface area contributed by atoms with Gasteiger partial charge in [-0.3, -0.25) is 16.0 Å². The van der Waals surface area contributed by atoms with Gasteiger partial charge in [0.1, 0.15) is 0 Å². The first-order valence-corrected chi connectivity index (χ1v) is 7.53. The van der Waals surface area contributed by atoms with E-state index in [2.05, 4.69) is 10.1 Å². The Hall–Kier alpha value is -1.75. The van der Waals surface area contributed by atoms with E-state index in [0.717, 1.165) is 12.1 Å². The summed E-state index contributed by atoms with van der Waals surface area (Å²) in [6, 6.07) is 3.55. The first-order valence-electron chi connectivity index (χ1n) is 6.05. The Bertz CT molecular complexity index is 605. The number of anilines is 1. The molecule has 118 valence electrons. The molecule has 1 aromatic rings. The van der Waals surface area contributed by atoms with Gasteiger partial charge in [-0.25, -0.2) is 13.1 Å². The summed E-state index contributed by atoms with van der Waals surface area (Å²) in [6.07, 6.45) is 0. The number of nitrogens with two attached hydrogens (primary N) is 1. The third kappa shape index (κ3) is 4.63. The smallest absolute Gasteiger partial charge is 0.291 e. The van der Waals surface area contributed by atoms with Crippen molar-refractivity contribution in [2.24, 2.45) is 11.8 Å². The number of nitro groups is 1. The molecule has 1 atom stereocenters. The molecule has 1 aromatic carbocycles.